The highest BCUT2D eigenvalue weighted by atomic mass is 32.2. The molecular formula is C21H18N2O6S. The van der Waals surface area contributed by atoms with E-state index in [0.717, 1.165) is 6.07 Å². The summed E-state index contributed by atoms with van der Waals surface area (Å²) in [5, 5.41) is 20.5. The van der Waals surface area contributed by atoms with Crippen molar-refractivity contribution >= 4 is 27.4 Å². The number of nitrogens with zero attached hydrogens (tertiary/aromatic N) is 1. The standard InChI is InChI=1S/C21H18N2O6S/c24-21(25)17-9-3-1-7-15(17)13-14-16-8-2-4-10-18(16)22-30(28,29)20-12-6-5-11-19(20)23(26)27/h1-12,22H,13-14H2,(H,24,25). The van der Waals surface area contributed by atoms with Crippen LogP contribution in [0.5, 0.6) is 0 Å². The van der Waals surface area contributed by atoms with Crippen molar-refractivity contribution < 1.29 is 23.2 Å². The van der Waals surface area contributed by atoms with Gasteiger partial charge in [-0.1, -0.05) is 48.5 Å². The van der Waals surface area contributed by atoms with E-state index in [1.54, 1.807) is 42.5 Å². The number of benzene rings is 3. The van der Waals surface area contributed by atoms with Crippen molar-refractivity contribution in [2.75, 3.05) is 4.72 Å². The molecule has 0 aromatic heterocycles. The lowest BCUT2D eigenvalue weighted by molar-refractivity contribution is -0.387. The molecule has 3 aromatic rings. The van der Waals surface area contributed by atoms with Gasteiger partial charge in [0, 0.05) is 6.07 Å². The Kier molecular flexibility index (Phi) is 6.12. The molecule has 0 amide bonds. The molecule has 0 unspecified atom stereocenters. The number of carboxylic acid groups (broad SMARTS) is 1. The van der Waals surface area contributed by atoms with Crippen molar-refractivity contribution in [3.63, 3.8) is 0 Å². The van der Waals surface area contributed by atoms with Gasteiger partial charge in [-0.3, -0.25) is 14.8 Å². The fraction of sp³-hybridized carbons (Fsp3) is 0.0952. The molecule has 0 fully saturated rings. The van der Waals surface area contributed by atoms with Gasteiger partial charge in [0.25, 0.3) is 15.7 Å². The second-order valence-corrected chi connectivity index (χ2v) is 8.10. The second-order valence-electron chi connectivity index (χ2n) is 6.45. The van der Waals surface area contributed by atoms with E-state index in [0.29, 0.717) is 24.0 Å². The van der Waals surface area contributed by atoms with Gasteiger partial charge in [0.1, 0.15) is 0 Å². The van der Waals surface area contributed by atoms with Crippen LogP contribution in [0.3, 0.4) is 0 Å². The Morgan fingerprint density at radius 2 is 1.47 bits per heavy atom. The minimum Gasteiger partial charge on any atom is -0.478 e. The lowest BCUT2D eigenvalue weighted by Crippen LogP contribution is -2.16. The lowest BCUT2D eigenvalue weighted by Gasteiger charge is -2.13. The number of hydrogen-bond acceptors (Lipinski definition) is 5. The number of anilines is 1. The van der Waals surface area contributed by atoms with Gasteiger partial charge in [-0.15, -0.1) is 0 Å². The van der Waals surface area contributed by atoms with E-state index in [2.05, 4.69) is 4.72 Å². The number of para-hydroxylation sites is 2. The monoisotopic (exact) mass is 426 g/mol. The van der Waals surface area contributed by atoms with E-state index in [-0.39, 0.29) is 11.3 Å². The number of sulfonamides is 1. The molecule has 0 atom stereocenters. The van der Waals surface area contributed by atoms with Gasteiger partial charge in [-0.25, -0.2) is 13.2 Å². The summed E-state index contributed by atoms with van der Waals surface area (Å²) in [6.45, 7) is 0. The fourth-order valence-electron chi connectivity index (χ4n) is 3.09. The zero-order valence-corrected chi connectivity index (χ0v) is 16.5. The minimum absolute atomic E-state index is 0.190. The molecular weight excluding hydrogens is 408 g/mol. The van der Waals surface area contributed by atoms with Crippen LogP contribution in [-0.4, -0.2) is 24.4 Å². The van der Waals surface area contributed by atoms with Gasteiger partial charge in [0.05, 0.1) is 16.2 Å². The summed E-state index contributed by atoms with van der Waals surface area (Å²) in [6.07, 6.45) is 0.757. The van der Waals surface area contributed by atoms with Crippen LogP contribution in [0.15, 0.2) is 77.7 Å². The Hall–Kier alpha value is -3.72. The maximum atomic E-state index is 12.8. The van der Waals surface area contributed by atoms with E-state index in [1.807, 2.05) is 0 Å². The molecule has 0 heterocycles. The van der Waals surface area contributed by atoms with Crippen molar-refractivity contribution in [3.05, 3.63) is 99.6 Å². The topological polar surface area (TPSA) is 127 Å². The highest BCUT2D eigenvalue weighted by Gasteiger charge is 2.25. The number of aromatic carboxylic acids is 1. The Labute approximate surface area is 173 Å². The van der Waals surface area contributed by atoms with Gasteiger partial charge in [-0.2, -0.15) is 0 Å². The van der Waals surface area contributed by atoms with Crippen LogP contribution in [-0.2, 0) is 22.9 Å². The van der Waals surface area contributed by atoms with E-state index in [9.17, 15) is 28.4 Å². The van der Waals surface area contributed by atoms with E-state index in [1.165, 1.54) is 24.3 Å². The van der Waals surface area contributed by atoms with Crippen molar-refractivity contribution in [2.24, 2.45) is 0 Å². The molecule has 0 saturated heterocycles. The minimum atomic E-state index is -4.20. The SMILES string of the molecule is O=C(O)c1ccccc1CCc1ccccc1NS(=O)(=O)c1ccccc1[N+](=O)[O-]. The molecule has 0 saturated carbocycles. The fourth-order valence-corrected chi connectivity index (χ4v) is 4.36. The number of nitro benzene ring substituents is 1. The summed E-state index contributed by atoms with van der Waals surface area (Å²) in [7, 11) is -4.20. The van der Waals surface area contributed by atoms with Gasteiger partial charge < -0.3 is 5.11 Å². The predicted octanol–water partition coefficient (Wildman–Crippen LogP) is 3.88. The molecule has 8 nitrogen and oxygen atoms in total. The zero-order valence-electron chi connectivity index (χ0n) is 15.7. The van der Waals surface area contributed by atoms with Crippen LogP contribution in [0, 0.1) is 10.1 Å². The molecule has 3 rings (SSSR count). The van der Waals surface area contributed by atoms with Crippen LogP contribution in [0.4, 0.5) is 11.4 Å². The Bertz CT molecular complexity index is 1210. The number of carbonyl (C=O) groups is 1. The predicted molar refractivity (Wildman–Crippen MR) is 111 cm³/mol. The first-order chi connectivity index (χ1) is 14.3. The summed E-state index contributed by atoms with van der Waals surface area (Å²) in [4.78, 5) is 21.4. The van der Waals surface area contributed by atoms with Crippen LogP contribution in [0.2, 0.25) is 0 Å². The van der Waals surface area contributed by atoms with Crippen LogP contribution < -0.4 is 4.72 Å². The maximum absolute atomic E-state index is 12.8. The zero-order chi connectivity index (χ0) is 21.7. The van der Waals surface area contributed by atoms with Crippen molar-refractivity contribution in [1.29, 1.82) is 0 Å². The molecule has 0 aliphatic carbocycles. The molecule has 3 aromatic carbocycles. The van der Waals surface area contributed by atoms with Crippen molar-refractivity contribution in [2.45, 2.75) is 17.7 Å². The van der Waals surface area contributed by atoms with Gasteiger partial charge in [-0.05, 0) is 42.2 Å². The van der Waals surface area contributed by atoms with Crippen LogP contribution >= 0.6 is 0 Å². The van der Waals surface area contributed by atoms with Gasteiger partial charge in [0.2, 0.25) is 0 Å². The summed E-state index contributed by atoms with van der Waals surface area (Å²) in [5.41, 5.74) is 1.22. The number of nitrogens with one attached hydrogen (secondary N) is 1. The average molecular weight is 426 g/mol. The molecule has 0 spiro atoms. The Morgan fingerprint density at radius 3 is 2.17 bits per heavy atom. The lowest BCUT2D eigenvalue weighted by atomic mass is 9.99. The average Bonchev–Trinajstić information content (AvgIpc) is 2.73. The van der Waals surface area contributed by atoms with Gasteiger partial charge in [0.15, 0.2) is 4.90 Å². The smallest absolute Gasteiger partial charge is 0.335 e. The summed E-state index contributed by atoms with van der Waals surface area (Å²) in [5.74, 6) is -1.03. The molecule has 0 aliphatic heterocycles. The number of aryl methyl sites for hydroxylation is 2. The van der Waals surface area contributed by atoms with E-state index in [4.69, 9.17) is 0 Å². The molecule has 0 bridgehead atoms. The third kappa shape index (κ3) is 4.64. The molecule has 0 radical (unpaired) electrons. The Morgan fingerprint density at radius 1 is 0.900 bits per heavy atom. The van der Waals surface area contributed by atoms with Crippen molar-refractivity contribution in [3.8, 4) is 0 Å². The van der Waals surface area contributed by atoms with E-state index < -0.39 is 31.5 Å². The number of hydrogen-bond donors (Lipinski definition) is 2. The van der Waals surface area contributed by atoms with E-state index >= 15 is 0 Å². The number of carboxylic acids is 1. The first-order valence-corrected chi connectivity index (χ1v) is 10.4. The molecule has 2 N–H and O–H groups in total. The summed E-state index contributed by atoms with van der Waals surface area (Å²) in [6, 6.07) is 18.4. The molecule has 30 heavy (non-hydrogen) atoms. The largest absolute Gasteiger partial charge is 0.478 e. The molecule has 9 heteroatoms. The first-order valence-electron chi connectivity index (χ1n) is 8.95. The third-order valence-electron chi connectivity index (χ3n) is 4.52. The summed E-state index contributed by atoms with van der Waals surface area (Å²) < 4.78 is 28.0. The normalized spacial score (nSPS) is 11.1. The summed E-state index contributed by atoms with van der Waals surface area (Å²) >= 11 is 0. The first kappa shape index (κ1) is 21.0. The van der Waals surface area contributed by atoms with Crippen LogP contribution in [0.25, 0.3) is 0 Å². The van der Waals surface area contributed by atoms with Gasteiger partial charge >= 0.3 is 5.97 Å². The molecule has 154 valence electrons. The quantitative estimate of drug-likeness (QED) is 0.416. The number of rotatable bonds is 8. The highest BCUT2D eigenvalue weighted by Crippen LogP contribution is 2.27. The highest BCUT2D eigenvalue weighted by molar-refractivity contribution is 7.92. The second kappa shape index (κ2) is 8.75. The van der Waals surface area contributed by atoms with Crippen LogP contribution in [0.1, 0.15) is 21.5 Å². The number of nitro groups is 1. The van der Waals surface area contributed by atoms with Crippen molar-refractivity contribution in [1.82, 2.24) is 0 Å². The third-order valence-corrected chi connectivity index (χ3v) is 5.94. The maximum Gasteiger partial charge on any atom is 0.335 e. The Balaban J connectivity index is 1.88. The molecule has 0 aliphatic rings.